The minimum atomic E-state index is -0.954. The highest BCUT2D eigenvalue weighted by atomic mass is 32.1. The van der Waals surface area contributed by atoms with E-state index in [0.717, 1.165) is 56.4 Å². The van der Waals surface area contributed by atoms with Gasteiger partial charge in [-0.3, -0.25) is 9.25 Å². The lowest BCUT2D eigenvalue weighted by Crippen LogP contribution is -2.40. The number of fused-ring (bicyclic) bond motifs is 3. The molecule has 232 valence electrons. The monoisotopic (exact) mass is 629 g/mol. The van der Waals surface area contributed by atoms with Crippen molar-refractivity contribution < 1.29 is 9.90 Å². The molecule has 4 saturated carbocycles. The Hall–Kier alpha value is -4.57. The van der Waals surface area contributed by atoms with Gasteiger partial charge in [0.1, 0.15) is 0 Å². The van der Waals surface area contributed by atoms with Crippen LogP contribution in [-0.2, 0) is 6.54 Å². The van der Waals surface area contributed by atoms with Gasteiger partial charge < -0.3 is 10.4 Å². The van der Waals surface area contributed by atoms with Crippen molar-refractivity contribution in [1.82, 2.24) is 29.5 Å². The molecule has 46 heavy (non-hydrogen) atoms. The zero-order valence-corrected chi connectivity index (χ0v) is 26.5. The number of anilines is 2. The molecule has 4 aliphatic carbocycles. The van der Waals surface area contributed by atoms with Crippen molar-refractivity contribution in [1.29, 1.82) is 0 Å². The van der Waals surface area contributed by atoms with Gasteiger partial charge >= 0.3 is 5.97 Å². The normalized spacial score (nSPS) is 23.7. The van der Waals surface area contributed by atoms with E-state index in [-0.39, 0.29) is 5.56 Å². The number of rotatable bonds is 7. The third-order valence-electron chi connectivity index (χ3n) is 10.9. The molecule has 2 unspecified atom stereocenters. The fraction of sp³-hybridized carbons (Fsp3) is 0.361. The molecule has 10 heteroatoms. The molecule has 4 bridgehead atoms. The summed E-state index contributed by atoms with van der Waals surface area (Å²) < 4.78 is 5.15. The van der Waals surface area contributed by atoms with Gasteiger partial charge in [-0.2, -0.15) is 5.10 Å². The van der Waals surface area contributed by atoms with Crippen LogP contribution in [0.2, 0.25) is 0 Å². The molecule has 6 aromatic rings. The van der Waals surface area contributed by atoms with Gasteiger partial charge in [0.25, 0.3) is 0 Å². The van der Waals surface area contributed by atoms with E-state index in [2.05, 4.69) is 32.1 Å². The average Bonchev–Trinajstić information content (AvgIpc) is 3.71. The number of aromatic nitrogens is 6. The van der Waals surface area contributed by atoms with Crippen LogP contribution in [0.25, 0.3) is 38.1 Å². The van der Waals surface area contributed by atoms with Crippen molar-refractivity contribution in [2.24, 2.45) is 23.2 Å². The molecule has 2 N–H and O–H groups in total. The molecule has 10 rings (SSSR count). The highest BCUT2D eigenvalue weighted by Gasteiger charge is 2.48. The van der Waals surface area contributed by atoms with Crippen LogP contribution in [0.3, 0.4) is 0 Å². The van der Waals surface area contributed by atoms with Crippen molar-refractivity contribution in [3.8, 4) is 16.9 Å². The Bertz CT molecular complexity index is 2080. The number of carboxylic acid groups (broad SMARTS) is 1. The van der Waals surface area contributed by atoms with E-state index in [1.54, 1.807) is 11.3 Å². The predicted molar refractivity (Wildman–Crippen MR) is 180 cm³/mol. The standard InChI is InChI=1S/C36H35N7O2S/c1-21-27(19-37-43(21)20-36-16-22-6-7-23(17-36)15-24(14-22)18-36)25-8-9-29-26(33(25)34(44)45)12-13-42(29)32-11-10-31(40-41-32)39-35-38-28-4-2-3-5-30(28)46-35/h2-5,8-13,19,22-24H,6-7,14-18,20H2,1H3,(H,44,45)(H,38,39,40). The average molecular weight is 630 g/mol. The maximum absolute atomic E-state index is 12.8. The Labute approximate surface area is 270 Å². The number of carboxylic acids is 1. The van der Waals surface area contributed by atoms with Gasteiger partial charge in [0.2, 0.25) is 0 Å². The van der Waals surface area contributed by atoms with Crippen LogP contribution in [0.15, 0.2) is 67.0 Å². The van der Waals surface area contributed by atoms with E-state index in [9.17, 15) is 9.90 Å². The van der Waals surface area contributed by atoms with Gasteiger partial charge in [-0.05, 0) is 98.6 Å². The smallest absolute Gasteiger partial charge is 0.337 e. The summed E-state index contributed by atoms with van der Waals surface area (Å²) >= 11 is 1.56. The quantitative estimate of drug-likeness (QED) is 0.183. The molecule has 0 aliphatic heterocycles. The summed E-state index contributed by atoms with van der Waals surface area (Å²) in [5.74, 6) is 2.83. The number of benzene rings is 2. The first-order chi connectivity index (χ1) is 22.4. The van der Waals surface area contributed by atoms with Crippen LogP contribution in [0.5, 0.6) is 0 Å². The van der Waals surface area contributed by atoms with Gasteiger partial charge in [-0.1, -0.05) is 42.4 Å². The molecule has 4 heterocycles. The van der Waals surface area contributed by atoms with E-state index < -0.39 is 5.97 Å². The second-order valence-electron chi connectivity index (χ2n) is 13.9. The molecule has 4 aliphatic rings. The van der Waals surface area contributed by atoms with E-state index >= 15 is 0 Å². The predicted octanol–water partition coefficient (Wildman–Crippen LogP) is 8.25. The molecule has 0 radical (unpaired) electrons. The minimum Gasteiger partial charge on any atom is -0.478 e. The molecule has 0 spiro atoms. The van der Waals surface area contributed by atoms with Crippen molar-refractivity contribution in [2.75, 3.05) is 5.32 Å². The SMILES string of the molecule is Cc1c(-c2ccc3c(ccn3-c3ccc(Nc4nc5ccccc5s4)nn3)c2C(=O)O)cnn1CC12CC3CCC(CC(C3)C1)C2. The summed E-state index contributed by atoms with van der Waals surface area (Å²) in [5, 5.41) is 28.9. The number of carbonyl (C=O) groups is 1. The zero-order chi connectivity index (χ0) is 31.0. The lowest BCUT2D eigenvalue weighted by molar-refractivity contribution is 0.0169. The van der Waals surface area contributed by atoms with Gasteiger partial charge in [-0.15, -0.1) is 10.2 Å². The maximum atomic E-state index is 12.8. The molecule has 0 saturated heterocycles. The van der Waals surface area contributed by atoms with Crippen molar-refractivity contribution >= 4 is 49.4 Å². The second-order valence-corrected chi connectivity index (χ2v) is 14.9. The van der Waals surface area contributed by atoms with Gasteiger partial charge in [0.15, 0.2) is 16.8 Å². The second kappa shape index (κ2) is 10.5. The van der Waals surface area contributed by atoms with Crippen LogP contribution >= 0.6 is 11.3 Å². The molecule has 2 atom stereocenters. The third kappa shape index (κ3) is 4.61. The highest BCUT2D eigenvalue weighted by Crippen LogP contribution is 2.58. The molecule has 0 amide bonds. The van der Waals surface area contributed by atoms with E-state index in [0.29, 0.717) is 28.0 Å². The highest BCUT2D eigenvalue weighted by molar-refractivity contribution is 7.22. The van der Waals surface area contributed by atoms with Crippen LogP contribution in [0, 0.1) is 30.1 Å². The Morgan fingerprint density at radius 3 is 2.54 bits per heavy atom. The fourth-order valence-corrected chi connectivity index (χ4v) is 10.1. The zero-order valence-electron chi connectivity index (χ0n) is 25.7. The lowest BCUT2D eigenvalue weighted by Gasteiger charge is -2.48. The lowest BCUT2D eigenvalue weighted by atomic mass is 9.58. The first-order valence-corrected chi connectivity index (χ1v) is 17.1. The number of aromatic carboxylic acids is 1. The van der Waals surface area contributed by atoms with Gasteiger partial charge in [-0.25, -0.2) is 9.78 Å². The minimum absolute atomic E-state index is 0.285. The molecule has 9 nitrogen and oxygen atoms in total. The maximum Gasteiger partial charge on any atom is 0.337 e. The van der Waals surface area contributed by atoms with Crippen LogP contribution < -0.4 is 5.32 Å². The number of hydrogen-bond acceptors (Lipinski definition) is 7. The van der Waals surface area contributed by atoms with Crippen LogP contribution in [0.1, 0.15) is 61.0 Å². The first-order valence-electron chi connectivity index (χ1n) is 16.3. The Balaban J connectivity index is 1.01. The number of nitrogens with zero attached hydrogens (tertiary/aromatic N) is 6. The Morgan fingerprint density at radius 1 is 0.978 bits per heavy atom. The number of thiazole rings is 1. The summed E-state index contributed by atoms with van der Waals surface area (Å²) in [7, 11) is 0. The van der Waals surface area contributed by atoms with Gasteiger partial charge in [0, 0.05) is 34.9 Å². The summed E-state index contributed by atoms with van der Waals surface area (Å²) in [5.41, 5.74) is 4.94. The van der Waals surface area contributed by atoms with E-state index in [1.165, 1.54) is 44.9 Å². The number of para-hydroxylation sites is 1. The van der Waals surface area contributed by atoms with Crippen molar-refractivity contribution in [3.05, 3.63) is 78.2 Å². The summed E-state index contributed by atoms with van der Waals surface area (Å²) in [6.07, 6.45) is 13.3. The summed E-state index contributed by atoms with van der Waals surface area (Å²) in [4.78, 5) is 17.4. The first kappa shape index (κ1) is 27.7. The van der Waals surface area contributed by atoms with E-state index in [1.807, 2.05) is 71.6 Å². The third-order valence-corrected chi connectivity index (χ3v) is 11.8. The summed E-state index contributed by atoms with van der Waals surface area (Å²) in [6, 6.07) is 17.5. The topological polar surface area (TPSA) is 111 Å². The van der Waals surface area contributed by atoms with Crippen LogP contribution in [0.4, 0.5) is 10.9 Å². The van der Waals surface area contributed by atoms with Crippen LogP contribution in [-0.4, -0.2) is 40.6 Å². The number of hydrogen-bond donors (Lipinski definition) is 2. The Morgan fingerprint density at radius 2 is 1.78 bits per heavy atom. The van der Waals surface area contributed by atoms with Crippen molar-refractivity contribution in [2.45, 2.75) is 58.4 Å². The van der Waals surface area contributed by atoms with Crippen molar-refractivity contribution in [3.63, 3.8) is 0 Å². The molecular formula is C36H35N7O2S. The molecule has 2 aromatic carbocycles. The fourth-order valence-electron chi connectivity index (χ4n) is 9.18. The molecule has 4 fully saturated rings. The molecular weight excluding hydrogens is 595 g/mol. The number of nitrogens with one attached hydrogen (secondary N) is 1. The van der Waals surface area contributed by atoms with E-state index in [4.69, 9.17) is 5.10 Å². The van der Waals surface area contributed by atoms with Gasteiger partial charge in [0.05, 0.1) is 27.5 Å². The largest absolute Gasteiger partial charge is 0.478 e. The Kier molecular flexibility index (Phi) is 6.32. The summed E-state index contributed by atoms with van der Waals surface area (Å²) in [6.45, 7) is 3.03. The molecule has 4 aromatic heterocycles.